The van der Waals surface area contributed by atoms with Crippen molar-refractivity contribution in [2.45, 2.75) is 85.0 Å². The Morgan fingerprint density at radius 3 is 2.18 bits per heavy atom. The third-order valence-electron chi connectivity index (χ3n) is 8.44. The molecule has 0 fully saturated rings. The molecule has 15 nitrogen and oxygen atoms in total. The molecule has 2 heterocycles. The highest BCUT2D eigenvalue weighted by molar-refractivity contribution is 5.79. The molecule has 0 saturated carbocycles. The fourth-order valence-corrected chi connectivity index (χ4v) is 5.82. The van der Waals surface area contributed by atoms with Gasteiger partial charge in [0.1, 0.15) is 17.9 Å². The van der Waals surface area contributed by atoms with Crippen molar-refractivity contribution in [3.05, 3.63) is 11.4 Å². The number of amides is 2. The molecular formula is C35H67N7O8. The molecule has 2 rings (SSSR count). The van der Waals surface area contributed by atoms with E-state index in [1.165, 1.54) is 0 Å². The van der Waals surface area contributed by atoms with Crippen LogP contribution in [0.25, 0.3) is 0 Å². The van der Waals surface area contributed by atoms with Crippen molar-refractivity contribution < 1.29 is 38.0 Å². The zero-order valence-electron chi connectivity index (χ0n) is 31.9. The predicted octanol–water partition coefficient (Wildman–Crippen LogP) is 1.73. The van der Waals surface area contributed by atoms with E-state index in [0.717, 1.165) is 24.4 Å². The third kappa shape index (κ3) is 16.9. The van der Waals surface area contributed by atoms with Crippen LogP contribution < -0.4 is 16.4 Å². The molecule has 0 bridgehead atoms. The van der Waals surface area contributed by atoms with Gasteiger partial charge in [0.2, 0.25) is 11.8 Å². The Morgan fingerprint density at radius 1 is 0.880 bits per heavy atom. The Kier molecular flexibility index (Phi) is 21.2. The third-order valence-corrected chi connectivity index (χ3v) is 8.44. The van der Waals surface area contributed by atoms with Crippen LogP contribution in [0.5, 0.6) is 0 Å². The first-order valence-electron chi connectivity index (χ1n) is 18.1. The van der Waals surface area contributed by atoms with Crippen molar-refractivity contribution >= 4 is 11.8 Å². The van der Waals surface area contributed by atoms with Crippen molar-refractivity contribution in [2.24, 2.45) is 16.6 Å². The molecule has 2 unspecified atom stereocenters. The highest BCUT2D eigenvalue weighted by atomic mass is 16.5. The van der Waals surface area contributed by atoms with E-state index < -0.39 is 12.2 Å². The summed E-state index contributed by atoms with van der Waals surface area (Å²) < 4.78 is 36.2. The first kappa shape index (κ1) is 43.9. The van der Waals surface area contributed by atoms with E-state index >= 15 is 0 Å². The van der Waals surface area contributed by atoms with E-state index in [2.05, 4.69) is 48.6 Å². The molecule has 4 N–H and O–H groups in total. The number of carbonyl (C=O) groups excluding carboxylic acids is 2. The molecule has 290 valence electrons. The first-order chi connectivity index (χ1) is 24.0. The van der Waals surface area contributed by atoms with Gasteiger partial charge in [-0.05, 0) is 32.9 Å². The summed E-state index contributed by atoms with van der Waals surface area (Å²) in [5, 5.41) is 15.2. The standard InChI is InChI=1S/C35H67N7O8/c1-34(2,24-37-5)26-50-27-35(3,4)25-42-28-13-16-41(23-29(45-6)33(46-7)32(28)39-40-42)31(44)12-8-11-30(43)38-15-10-18-48-20-22-49-21-19-47-17-9-14-36/h29,33,37H,8-27,36H2,1-7H3,(H,38,43). The number of methoxy groups -OCH3 is 2. The number of hydrogen-bond acceptors (Lipinski definition) is 12. The second-order valence-electron chi connectivity index (χ2n) is 14.5. The lowest BCUT2D eigenvalue weighted by Crippen LogP contribution is -2.44. The Hall–Kier alpha value is -2.24. The highest BCUT2D eigenvalue weighted by Crippen LogP contribution is 2.30. The van der Waals surface area contributed by atoms with E-state index in [0.29, 0.717) is 105 Å². The lowest BCUT2D eigenvalue weighted by Gasteiger charge is -2.34. The molecule has 0 saturated heterocycles. The van der Waals surface area contributed by atoms with Crippen LogP contribution in [0.3, 0.4) is 0 Å². The molecule has 0 aromatic carbocycles. The minimum absolute atomic E-state index is 0.0205. The molecule has 50 heavy (non-hydrogen) atoms. The summed E-state index contributed by atoms with van der Waals surface area (Å²) >= 11 is 0. The van der Waals surface area contributed by atoms with Crippen LogP contribution in [-0.2, 0) is 51.0 Å². The molecule has 1 aliphatic rings. The fraction of sp³-hybridized carbons (Fsp3) is 0.886. The molecule has 15 heteroatoms. The molecule has 1 aromatic rings. The number of nitrogens with two attached hydrogens (primary N) is 1. The molecule has 1 aromatic heterocycles. The van der Waals surface area contributed by atoms with Gasteiger partial charge in [-0.3, -0.25) is 9.59 Å². The van der Waals surface area contributed by atoms with Gasteiger partial charge in [0.05, 0.1) is 51.9 Å². The van der Waals surface area contributed by atoms with Crippen LogP contribution in [0, 0.1) is 10.8 Å². The van der Waals surface area contributed by atoms with Gasteiger partial charge in [-0.2, -0.15) is 0 Å². The topological polar surface area (TPSA) is 174 Å². The minimum Gasteiger partial charge on any atom is -0.380 e. The quantitative estimate of drug-likeness (QED) is 0.113. The van der Waals surface area contributed by atoms with E-state index in [9.17, 15) is 9.59 Å². The van der Waals surface area contributed by atoms with Crippen molar-refractivity contribution in [3.63, 3.8) is 0 Å². The van der Waals surface area contributed by atoms with Crippen LogP contribution in [0.1, 0.15) is 77.3 Å². The van der Waals surface area contributed by atoms with E-state index in [4.69, 9.17) is 34.2 Å². The summed E-state index contributed by atoms with van der Waals surface area (Å²) in [6, 6.07) is 0. The first-order valence-corrected chi connectivity index (χ1v) is 18.1. The Morgan fingerprint density at radius 2 is 1.54 bits per heavy atom. The largest absolute Gasteiger partial charge is 0.380 e. The van der Waals surface area contributed by atoms with Crippen molar-refractivity contribution in [3.8, 4) is 0 Å². The second kappa shape index (κ2) is 24.1. The lowest BCUT2D eigenvalue weighted by atomic mass is 9.93. The van der Waals surface area contributed by atoms with Crippen LogP contribution in [0.4, 0.5) is 0 Å². The van der Waals surface area contributed by atoms with Crippen LogP contribution >= 0.6 is 0 Å². The number of fused-ring (bicyclic) bond motifs is 1. The number of ether oxygens (including phenoxy) is 6. The van der Waals surface area contributed by atoms with Gasteiger partial charge < -0.3 is 49.7 Å². The maximum Gasteiger partial charge on any atom is 0.222 e. The number of aromatic nitrogens is 3. The predicted molar refractivity (Wildman–Crippen MR) is 191 cm³/mol. The number of nitrogens with zero attached hydrogens (tertiary/aromatic N) is 4. The van der Waals surface area contributed by atoms with Crippen molar-refractivity contribution in [1.29, 1.82) is 0 Å². The minimum atomic E-state index is -0.477. The number of nitrogens with one attached hydrogen (secondary N) is 2. The fourth-order valence-electron chi connectivity index (χ4n) is 5.82. The molecule has 0 radical (unpaired) electrons. The average Bonchev–Trinajstić information content (AvgIpc) is 3.43. The smallest absolute Gasteiger partial charge is 0.222 e. The van der Waals surface area contributed by atoms with Gasteiger partial charge in [0.15, 0.2) is 0 Å². The zero-order valence-corrected chi connectivity index (χ0v) is 31.9. The Bertz CT molecular complexity index is 1090. The summed E-state index contributed by atoms with van der Waals surface area (Å²) in [4.78, 5) is 27.6. The summed E-state index contributed by atoms with van der Waals surface area (Å²) in [6.45, 7) is 16.6. The second-order valence-corrected chi connectivity index (χ2v) is 14.5. The van der Waals surface area contributed by atoms with Gasteiger partial charge in [-0.1, -0.05) is 32.9 Å². The molecule has 0 aliphatic carbocycles. The average molecular weight is 714 g/mol. The molecule has 0 spiro atoms. The zero-order chi connectivity index (χ0) is 36.8. The Balaban J connectivity index is 1.79. The summed E-state index contributed by atoms with van der Waals surface area (Å²) in [6.07, 6.45) is 2.23. The van der Waals surface area contributed by atoms with E-state index in [-0.39, 0.29) is 35.5 Å². The number of rotatable bonds is 27. The lowest BCUT2D eigenvalue weighted by molar-refractivity contribution is -0.135. The highest BCUT2D eigenvalue weighted by Gasteiger charge is 2.35. The summed E-state index contributed by atoms with van der Waals surface area (Å²) in [5.74, 6) is -0.0951. The maximum absolute atomic E-state index is 13.4. The monoisotopic (exact) mass is 714 g/mol. The van der Waals surface area contributed by atoms with Gasteiger partial charge >= 0.3 is 0 Å². The van der Waals surface area contributed by atoms with E-state index in [1.54, 1.807) is 14.2 Å². The maximum atomic E-state index is 13.4. The molecule has 1 aliphatic heterocycles. The summed E-state index contributed by atoms with van der Waals surface area (Å²) in [5.41, 5.74) is 6.92. The molecular weight excluding hydrogens is 646 g/mol. The van der Waals surface area contributed by atoms with Gasteiger partial charge in [0, 0.05) is 83.7 Å². The van der Waals surface area contributed by atoms with Crippen molar-refractivity contribution in [1.82, 2.24) is 30.5 Å². The number of hydrogen-bond donors (Lipinski definition) is 3. The summed E-state index contributed by atoms with van der Waals surface area (Å²) in [7, 11) is 5.19. The molecule has 2 amide bonds. The van der Waals surface area contributed by atoms with Gasteiger partial charge in [-0.25, -0.2) is 4.68 Å². The molecule has 2 atom stereocenters. The van der Waals surface area contributed by atoms with Gasteiger partial charge in [0.25, 0.3) is 0 Å². The van der Waals surface area contributed by atoms with Crippen molar-refractivity contribution in [2.75, 3.05) is 107 Å². The normalized spacial score (nSPS) is 17.0. The number of carbonyl (C=O) groups is 2. The van der Waals surface area contributed by atoms with Gasteiger partial charge in [-0.15, -0.1) is 5.10 Å². The van der Waals surface area contributed by atoms with E-state index in [1.807, 2.05) is 16.6 Å². The van der Waals surface area contributed by atoms with Crippen LogP contribution in [-0.4, -0.2) is 145 Å². The van der Waals surface area contributed by atoms with Crippen LogP contribution in [0.2, 0.25) is 0 Å². The SMILES string of the molecule is CNCC(C)(C)COCC(C)(C)Cn1nnc2c1CCN(C(=O)CCCC(=O)NCCCOCCOCCOCCCN)CC(OC)C2OC. The Labute approximate surface area is 299 Å². The van der Waals surface area contributed by atoms with Crippen LogP contribution in [0.15, 0.2) is 0 Å².